The van der Waals surface area contributed by atoms with E-state index < -0.39 is 10.0 Å². The van der Waals surface area contributed by atoms with Crippen LogP contribution in [0, 0.1) is 0 Å². The van der Waals surface area contributed by atoms with E-state index in [0.717, 1.165) is 24.7 Å². The standard InChI is InChI=1S/C20H27N5O3S/c26-29(27,15-14-28-18-6-2-1-3-7-18)25-12-10-24(11-13-25)20-16-19(21-17-22-20)23-8-4-5-9-23/h1-3,6-7,16-17H,4-5,8-15H2. The summed E-state index contributed by atoms with van der Waals surface area (Å²) in [6.45, 7) is 4.37. The minimum absolute atomic E-state index is 0.0193. The van der Waals surface area contributed by atoms with E-state index in [1.165, 1.54) is 12.8 Å². The molecule has 0 unspecified atom stereocenters. The van der Waals surface area contributed by atoms with E-state index in [4.69, 9.17) is 4.74 Å². The molecule has 2 fully saturated rings. The minimum atomic E-state index is -3.34. The molecule has 0 spiro atoms. The fourth-order valence-electron chi connectivity index (χ4n) is 3.74. The van der Waals surface area contributed by atoms with Crippen LogP contribution in [0.1, 0.15) is 12.8 Å². The highest BCUT2D eigenvalue weighted by Gasteiger charge is 2.27. The normalized spacial score (nSPS) is 18.2. The average molecular weight is 418 g/mol. The highest BCUT2D eigenvalue weighted by molar-refractivity contribution is 7.89. The van der Waals surface area contributed by atoms with Crippen molar-refractivity contribution in [3.05, 3.63) is 42.7 Å². The summed E-state index contributed by atoms with van der Waals surface area (Å²) < 4.78 is 32.4. The van der Waals surface area contributed by atoms with E-state index in [9.17, 15) is 8.42 Å². The average Bonchev–Trinajstić information content (AvgIpc) is 3.30. The molecule has 2 aromatic rings. The van der Waals surface area contributed by atoms with Crippen molar-refractivity contribution in [1.82, 2.24) is 14.3 Å². The van der Waals surface area contributed by atoms with Gasteiger partial charge in [-0.15, -0.1) is 0 Å². The maximum atomic E-state index is 12.6. The van der Waals surface area contributed by atoms with Crippen molar-refractivity contribution < 1.29 is 13.2 Å². The van der Waals surface area contributed by atoms with Gasteiger partial charge in [-0.2, -0.15) is 4.31 Å². The van der Waals surface area contributed by atoms with Crippen molar-refractivity contribution >= 4 is 21.7 Å². The molecule has 29 heavy (non-hydrogen) atoms. The number of aromatic nitrogens is 2. The smallest absolute Gasteiger partial charge is 0.217 e. The van der Waals surface area contributed by atoms with Crippen LogP contribution in [0.25, 0.3) is 0 Å². The second-order valence-electron chi connectivity index (χ2n) is 7.29. The largest absolute Gasteiger partial charge is 0.492 e. The molecule has 0 atom stereocenters. The minimum Gasteiger partial charge on any atom is -0.492 e. The first-order valence-electron chi connectivity index (χ1n) is 10.1. The Bertz CT molecular complexity index is 895. The van der Waals surface area contributed by atoms with Gasteiger partial charge in [0, 0.05) is 45.3 Å². The fourth-order valence-corrected chi connectivity index (χ4v) is 5.01. The number of sulfonamides is 1. The fraction of sp³-hybridized carbons (Fsp3) is 0.500. The summed E-state index contributed by atoms with van der Waals surface area (Å²) in [5.74, 6) is 2.49. The SMILES string of the molecule is O=S(=O)(CCOc1ccccc1)N1CCN(c2cc(N3CCCC3)ncn2)CC1. The van der Waals surface area contributed by atoms with Crippen LogP contribution in [0.5, 0.6) is 5.75 Å². The molecule has 1 aromatic heterocycles. The molecule has 0 amide bonds. The first-order chi connectivity index (χ1) is 14.1. The first-order valence-corrected chi connectivity index (χ1v) is 11.7. The van der Waals surface area contributed by atoms with Crippen molar-refractivity contribution in [2.24, 2.45) is 0 Å². The third-order valence-corrected chi connectivity index (χ3v) is 7.21. The number of hydrogen-bond donors (Lipinski definition) is 0. The van der Waals surface area contributed by atoms with Gasteiger partial charge >= 0.3 is 0 Å². The van der Waals surface area contributed by atoms with Crippen molar-refractivity contribution in [1.29, 1.82) is 0 Å². The zero-order valence-electron chi connectivity index (χ0n) is 16.5. The summed E-state index contributed by atoms with van der Waals surface area (Å²) >= 11 is 0. The van der Waals surface area contributed by atoms with E-state index in [2.05, 4.69) is 19.8 Å². The van der Waals surface area contributed by atoms with Gasteiger partial charge in [-0.25, -0.2) is 18.4 Å². The van der Waals surface area contributed by atoms with Crippen molar-refractivity contribution in [3.8, 4) is 5.75 Å². The molecule has 0 radical (unpaired) electrons. The van der Waals surface area contributed by atoms with Gasteiger partial charge in [-0.05, 0) is 25.0 Å². The molecular formula is C20H27N5O3S. The van der Waals surface area contributed by atoms with Crippen molar-refractivity contribution in [2.45, 2.75) is 12.8 Å². The number of benzene rings is 1. The Hall–Kier alpha value is -2.39. The van der Waals surface area contributed by atoms with Crippen LogP contribution >= 0.6 is 0 Å². The number of ether oxygens (including phenoxy) is 1. The van der Waals surface area contributed by atoms with Gasteiger partial charge in [-0.1, -0.05) is 18.2 Å². The Labute approximate surface area is 172 Å². The number of hydrogen-bond acceptors (Lipinski definition) is 7. The molecule has 0 aliphatic carbocycles. The number of anilines is 2. The van der Waals surface area contributed by atoms with Gasteiger partial charge in [-0.3, -0.25) is 0 Å². The molecule has 3 heterocycles. The Morgan fingerprint density at radius 3 is 2.14 bits per heavy atom. The highest BCUT2D eigenvalue weighted by atomic mass is 32.2. The predicted molar refractivity (Wildman–Crippen MR) is 113 cm³/mol. The van der Waals surface area contributed by atoms with Crippen molar-refractivity contribution in [2.75, 3.05) is 61.4 Å². The second kappa shape index (κ2) is 8.96. The molecule has 0 saturated carbocycles. The van der Waals surface area contributed by atoms with Crippen LogP contribution in [0.4, 0.5) is 11.6 Å². The zero-order valence-corrected chi connectivity index (χ0v) is 17.3. The highest BCUT2D eigenvalue weighted by Crippen LogP contribution is 2.22. The van der Waals surface area contributed by atoms with E-state index in [1.54, 1.807) is 10.6 Å². The molecule has 4 rings (SSSR count). The lowest BCUT2D eigenvalue weighted by atomic mass is 10.3. The topological polar surface area (TPSA) is 78.9 Å². The lowest BCUT2D eigenvalue weighted by molar-refractivity contribution is 0.331. The molecular weight excluding hydrogens is 390 g/mol. The van der Waals surface area contributed by atoms with Crippen LogP contribution in [-0.4, -0.2) is 74.3 Å². The summed E-state index contributed by atoms with van der Waals surface area (Å²) in [5.41, 5.74) is 0. The van der Waals surface area contributed by atoms with Crippen LogP contribution in [-0.2, 0) is 10.0 Å². The molecule has 0 bridgehead atoms. The van der Waals surface area contributed by atoms with Gasteiger partial charge in [0.15, 0.2) is 0 Å². The molecule has 1 aromatic carbocycles. The molecule has 2 saturated heterocycles. The van der Waals surface area contributed by atoms with Gasteiger partial charge in [0.05, 0.1) is 5.75 Å². The Morgan fingerprint density at radius 2 is 1.48 bits per heavy atom. The van der Waals surface area contributed by atoms with E-state index in [0.29, 0.717) is 31.9 Å². The number of para-hydroxylation sites is 1. The predicted octanol–water partition coefficient (Wildman–Crippen LogP) is 1.61. The zero-order chi connectivity index (χ0) is 20.1. The van der Waals surface area contributed by atoms with Gasteiger partial charge < -0.3 is 14.5 Å². The van der Waals surface area contributed by atoms with Crippen LogP contribution in [0.15, 0.2) is 42.7 Å². The first kappa shape index (κ1) is 19.9. The monoisotopic (exact) mass is 417 g/mol. The van der Waals surface area contributed by atoms with E-state index >= 15 is 0 Å². The van der Waals surface area contributed by atoms with Gasteiger partial charge in [0.2, 0.25) is 10.0 Å². The van der Waals surface area contributed by atoms with Crippen molar-refractivity contribution in [3.63, 3.8) is 0 Å². The van der Waals surface area contributed by atoms with Crippen LogP contribution in [0.3, 0.4) is 0 Å². The molecule has 8 nitrogen and oxygen atoms in total. The number of rotatable bonds is 7. The lowest BCUT2D eigenvalue weighted by Crippen LogP contribution is -2.50. The molecule has 2 aliphatic rings. The Morgan fingerprint density at radius 1 is 0.862 bits per heavy atom. The maximum Gasteiger partial charge on any atom is 0.217 e. The summed E-state index contributed by atoms with van der Waals surface area (Å²) in [6.07, 6.45) is 4.00. The van der Waals surface area contributed by atoms with Crippen LogP contribution in [0.2, 0.25) is 0 Å². The Balaban J connectivity index is 1.30. The van der Waals surface area contributed by atoms with Gasteiger partial charge in [0.25, 0.3) is 0 Å². The van der Waals surface area contributed by atoms with E-state index in [-0.39, 0.29) is 12.4 Å². The number of nitrogens with zero attached hydrogens (tertiary/aromatic N) is 5. The third kappa shape index (κ3) is 4.97. The molecule has 9 heteroatoms. The molecule has 156 valence electrons. The maximum absolute atomic E-state index is 12.6. The summed E-state index contributed by atoms with van der Waals surface area (Å²) in [5, 5.41) is 0. The lowest BCUT2D eigenvalue weighted by Gasteiger charge is -2.34. The quantitative estimate of drug-likeness (QED) is 0.677. The third-order valence-electron chi connectivity index (χ3n) is 5.38. The second-order valence-corrected chi connectivity index (χ2v) is 9.38. The van der Waals surface area contributed by atoms with Gasteiger partial charge in [0.1, 0.15) is 30.3 Å². The summed E-state index contributed by atoms with van der Waals surface area (Å²) in [6, 6.07) is 11.3. The molecule has 2 aliphatic heterocycles. The summed E-state index contributed by atoms with van der Waals surface area (Å²) in [4.78, 5) is 13.2. The van der Waals surface area contributed by atoms with E-state index in [1.807, 2.05) is 36.4 Å². The number of piperazine rings is 1. The Kier molecular flexibility index (Phi) is 6.15. The molecule has 0 N–H and O–H groups in total. The summed E-state index contributed by atoms with van der Waals surface area (Å²) in [7, 11) is -3.34. The van der Waals surface area contributed by atoms with Crippen LogP contribution < -0.4 is 14.5 Å².